The normalized spacial score (nSPS) is 11.2. The second-order valence-corrected chi connectivity index (χ2v) is 7.77. The van der Waals surface area contributed by atoms with Crippen molar-refractivity contribution in [2.24, 2.45) is 5.73 Å². The number of hydrogen-bond acceptors (Lipinski definition) is 7. The summed E-state index contributed by atoms with van der Waals surface area (Å²) < 4.78 is 1.57. The number of aromatic hydroxyl groups is 1. The van der Waals surface area contributed by atoms with Crippen molar-refractivity contribution in [3.63, 3.8) is 0 Å². The molecule has 2 heterocycles. The van der Waals surface area contributed by atoms with Crippen LogP contribution in [0, 0.1) is 13.8 Å². The van der Waals surface area contributed by atoms with Crippen molar-refractivity contribution in [1.82, 2.24) is 19.9 Å². The number of fused-ring (bicyclic) bond motifs is 2. The zero-order valence-electron chi connectivity index (χ0n) is 18.2. The number of nitrogen functional groups attached to an aromatic ring is 1. The number of aliphatic hydroxyl groups excluding tert-OH is 1. The minimum Gasteiger partial charge on any atom is -0.508 e. The average molecular weight is 448 g/mol. The Morgan fingerprint density at radius 1 is 1.12 bits per heavy atom. The number of anilines is 1. The summed E-state index contributed by atoms with van der Waals surface area (Å²) in [5.74, 6) is -0.946. The fraction of sp³-hybridized carbons (Fsp3) is 0.217. The van der Waals surface area contributed by atoms with Gasteiger partial charge in [0.25, 0.3) is 11.8 Å². The summed E-state index contributed by atoms with van der Waals surface area (Å²) in [4.78, 5) is 33.9. The number of aromatic nitrogens is 3. The van der Waals surface area contributed by atoms with E-state index in [1.165, 1.54) is 0 Å². The largest absolute Gasteiger partial charge is 0.508 e. The van der Waals surface area contributed by atoms with Crippen molar-refractivity contribution in [2.45, 2.75) is 20.3 Å². The lowest BCUT2D eigenvalue weighted by molar-refractivity contribution is 0.0950. The van der Waals surface area contributed by atoms with Crippen molar-refractivity contribution in [3.8, 4) is 11.4 Å². The van der Waals surface area contributed by atoms with Crippen LogP contribution in [0.5, 0.6) is 5.75 Å². The molecule has 0 atom stereocenters. The highest BCUT2D eigenvalue weighted by Gasteiger charge is 2.25. The number of benzene rings is 2. The summed E-state index contributed by atoms with van der Waals surface area (Å²) in [6.07, 6.45) is 0.447. The fourth-order valence-electron chi connectivity index (χ4n) is 3.88. The van der Waals surface area contributed by atoms with Crippen LogP contribution in [0.2, 0.25) is 0 Å². The van der Waals surface area contributed by atoms with Crippen molar-refractivity contribution in [3.05, 3.63) is 52.6 Å². The molecule has 2 aromatic heterocycles. The molecular weight excluding hydrogens is 424 g/mol. The number of phenolic OH excluding ortho intramolecular Hbond substituents is 1. The SMILES string of the molecule is Cc1ccc(O)c(C)c1-n1c(N)c(C(N)=O)c2nc3cc(C(=O)NCCCO)ccc3nc21. The molecule has 0 radical (unpaired) electrons. The number of phenols is 1. The van der Waals surface area contributed by atoms with Gasteiger partial charge in [-0.05, 0) is 50.1 Å². The van der Waals surface area contributed by atoms with Gasteiger partial charge in [0.1, 0.15) is 22.6 Å². The van der Waals surface area contributed by atoms with E-state index in [4.69, 9.17) is 16.6 Å². The number of carbonyl (C=O) groups excluding carboxylic acids is 2. The molecule has 0 saturated carbocycles. The Morgan fingerprint density at radius 3 is 2.58 bits per heavy atom. The number of carbonyl (C=O) groups is 2. The van der Waals surface area contributed by atoms with Gasteiger partial charge < -0.3 is 27.0 Å². The van der Waals surface area contributed by atoms with Crippen LogP contribution in [0.1, 0.15) is 38.3 Å². The topological polar surface area (TPSA) is 169 Å². The molecule has 0 spiro atoms. The maximum absolute atomic E-state index is 12.4. The van der Waals surface area contributed by atoms with E-state index >= 15 is 0 Å². The van der Waals surface area contributed by atoms with E-state index in [9.17, 15) is 14.7 Å². The van der Waals surface area contributed by atoms with Gasteiger partial charge in [0.05, 0.1) is 16.7 Å². The average Bonchev–Trinajstić information content (AvgIpc) is 3.05. The molecule has 10 nitrogen and oxygen atoms in total. The standard InChI is InChI=1S/C23H24N6O4/c1-11-4-7-16(31)12(2)19(11)29-20(24)17(21(25)32)18-22(29)28-14-6-5-13(10-15(14)27-18)23(33)26-8-3-9-30/h4-7,10,30-31H,3,8-9,24H2,1-2H3,(H2,25,32)(H,26,33). The molecule has 2 amide bonds. The summed E-state index contributed by atoms with van der Waals surface area (Å²) >= 11 is 0. The molecule has 7 N–H and O–H groups in total. The van der Waals surface area contributed by atoms with E-state index in [1.54, 1.807) is 41.8 Å². The predicted octanol–water partition coefficient (Wildman–Crippen LogP) is 1.69. The Morgan fingerprint density at radius 2 is 1.88 bits per heavy atom. The van der Waals surface area contributed by atoms with Crippen molar-refractivity contribution in [1.29, 1.82) is 0 Å². The summed E-state index contributed by atoms with van der Waals surface area (Å²) in [5, 5.41) is 21.9. The van der Waals surface area contributed by atoms with Crippen molar-refractivity contribution < 1.29 is 19.8 Å². The number of hydrogen-bond donors (Lipinski definition) is 5. The van der Waals surface area contributed by atoms with E-state index in [-0.39, 0.29) is 35.2 Å². The number of nitrogens with two attached hydrogens (primary N) is 2. The predicted molar refractivity (Wildman–Crippen MR) is 124 cm³/mol. The summed E-state index contributed by atoms with van der Waals surface area (Å²) in [5.41, 5.74) is 15.7. The van der Waals surface area contributed by atoms with Crippen molar-refractivity contribution >= 4 is 39.8 Å². The Kier molecular flexibility index (Phi) is 5.60. The quantitative estimate of drug-likeness (QED) is 0.279. The van der Waals surface area contributed by atoms with Gasteiger partial charge in [-0.1, -0.05) is 6.07 Å². The van der Waals surface area contributed by atoms with Crippen LogP contribution >= 0.6 is 0 Å². The molecule has 33 heavy (non-hydrogen) atoms. The van der Waals surface area contributed by atoms with Crippen LogP contribution in [0.3, 0.4) is 0 Å². The minimum atomic E-state index is -0.765. The Labute approximate surface area is 188 Å². The van der Waals surface area contributed by atoms with Gasteiger partial charge in [-0.15, -0.1) is 0 Å². The third kappa shape index (κ3) is 3.70. The molecule has 2 aromatic carbocycles. The first-order valence-electron chi connectivity index (χ1n) is 10.3. The number of nitrogens with zero attached hydrogens (tertiary/aromatic N) is 3. The number of aliphatic hydroxyl groups is 1. The molecule has 10 heteroatoms. The third-order valence-electron chi connectivity index (χ3n) is 5.55. The molecule has 0 saturated heterocycles. The van der Waals surface area contributed by atoms with Gasteiger partial charge in [-0.25, -0.2) is 9.97 Å². The van der Waals surface area contributed by atoms with Gasteiger partial charge in [0.15, 0.2) is 5.65 Å². The zero-order valence-corrected chi connectivity index (χ0v) is 18.2. The van der Waals surface area contributed by atoms with E-state index in [2.05, 4.69) is 15.3 Å². The highest BCUT2D eigenvalue weighted by atomic mass is 16.3. The molecular formula is C23H24N6O4. The molecule has 170 valence electrons. The summed E-state index contributed by atoms with van der Waals surface area (Å²) in [6.45, 7) is 3.91. The first-order chi connectivity index (χ1) is 15.7. The lowest BCUT2D eigenvalue weighted by Gasteiger charge is -2.15. The van der Waals surface area contributed by atoms with E-state index in [0.717, 1.165) is 5.56 Å². The number of rotatable bonds is 6. The molecule has 0 fully saturated rings. The lowest BCUT2D eigenvalue weighted by Crippen LogP contribution is -2.24. The number of amides is 2. The second-order valence-electron chi connectivity index (χ2n) is 7.77. The number of primary amides is 1. The first kappa shape index (κ1) is 22.0. The number of aryl methyl sites for hydroxylation is 1. The Bertz CT molecular complexity index is 1430. The minimum absolute atomic E-state index is 0.0133. The van der Waals surface area contributed by atoms with Gasteiger partial charge in [-0.3, -0.25) is 14.2 Å². The van der Waals surface area contributed by atoms with Crippen LogP contribution in [0.15, 0.2) is 30.3 Å². The zero-order chi connectivity index (χ0) is 23.9. The molecule has 0 unspecified atom stereocenters. The van der Waals surface area contributed by atoms with Crippen LogP contribution in [-0.2, 0) is 0 Å². The smallest absolute Gasteiger partial charge is 0.254 e. The van der Waals surface area contributed by atoms with E-state index < -0.39 is 5.91 Å². The second kappa shape index (κ2) is 8.40. The van der Waals surface area contributed by atoms with Gasteiger partial charge >= 0.3 is 0 Å². The van der Waals surface area contributed by atoms with Crippen LogP contribution < -0.4 is 16.8 Å². The van der Waals surface area contributed by atoms with E-state index in [0.29, 0.717) is 46.5 Å². The molecule has 4 aromatic rings. The summed E-state index contributed by atoms with van der Waals surface area (Å²) in [7, 11) is 0. The first-order valence-corrected chi connectivity index (χ1v) is 10.3. The van der Waals surface area contributed by atoms with E-state index in [1.807, 2.05) is 6.92 Å². The van der Waals surface area contributed by atoms with Crippen molar-refractivity contribution in [2.75, 3.05) is 18.9 Å². The molecule has 0 bridgehead atoms. The van der Waals surface area contributed by atoms with Crippen LogP contribution in [0.4, 0.5) is 5.82 Å². The highest BCUT2D eigenvalue weighted by Crippen LogP contribution is 2.35. The monoisotopic (exact) mass is 448 g/mol. The molecule has 0 aliphatic carbocycles. The Hall–Kier alpha value is -4.18. The van der Waals surface area contributed by atoms with Gasteiger partial charge in [-0.2, -0.15) is 0 Å². The third-order valence-corrected chi connectivity index (χ3v) is 5.55. The molecule has 4 rings (SSSR count). The fourth-order valence-corrected chi connectivity index (χ4v) is 3.88. The van der Waals surface area contributed by atoms with Gasteiger partial charge in [0, 0.05) is 24.3 Å². The van der Waals surface area contributed by atoms with Gasteiger partial charge in [0.2, 0.25) is 0 Å². The van der Waals surface area contributed by atoms with Crippen LogP contribution in [0.25, 0.3) is 27.9 Å². The maximum atomic E-state index is 12.4. The van der Waals surface area contributed by atoms with Crippen LogP contribution in [-0.4, -0.2) is 49.7 Å². The molecule has 0 aliphatic heterocycles. The molecule has 0 aliphatic rings. The summed E-state index contributed by atoms with van der Waals surface area (Å²) in [6, 6.07) is 8.16. The number of nitrogens with one attached hydrogen (secondary N) is 1. The lowest BCUT2D eigenvalue weighted by atomic mass is 10.1. The highest BCUT2D eigenvalue weighted by molar-refractivity contribution is 6.11. The maximum Gasteiger partial charge on any atom is 0.254 e. The Balaban J connectivity index is 1.96.